The summed E-state index contributed by atoms with van der Waals surface area (Å²) in [5.41, 5.74) is 1.13. The highest BCUT2D eigenvalue weighted by atomic mass is 35.5. The van der Waals surface area contributed by atoms with Crippen molar-refractivity contribution in [3.63, 3.8) is 0 Å². The molecule has 9 heteroatoms. The number of hydrogen-bond acceptors (Lipinski definition) is 4. The Morgan fingerprint density at radius 3 is 2.61 bits per heavy atom. The average Bonchev–Trinajstić information content (AvgIpc) is 2.71. The van der Waals surface area contributed by atoms with Crippen molar-refractivity contribution >= 4 is 30.1 Å². The first-order chi connectivity index (χ1) is 7.92. The predicted octanol–water partition coefficient (Wildman–Crippen LogP) is 1.28. The number of carbonyl (C=O) groups excluding carboxylic acids is 1. The molecule has 1 aliphatic rings. The van der Waals surface area contributed by atoms with E-state index in [0.717, 1.165) is 0 Å². The summed E-state index contributed by atoms with van der Waals surface area (Å²) < 4.78 is 40.7. The highest BCUT2D eigenvalue weighted by Gasteiger charge is 2.30. The maximum absolute atomic E-state index is 11.8. The summed E-state index contributed by atoms with van der Waals surface area (Å²) in [5.74, 6) is -0.550. The van der Waals surface area contributed by atoms with E-state index in [4.69, 9.17) is 10.5 Å². The second-order valence-electron chi connectivity index (χ2n) is 3.65. The third-order valence-corrected chi connectivity index (χ3v) is 3.07. The fraction of sp³-hybridized carbons (Fsp3) is 0.889. The molecule has 0 radical (unpaired) electrons. The monoisotopic (exact) mass is 308 g/mol. The lowest BCUT2D eigenvalue weighted by Gasteiger charge is -2.12. The van der Waals surface area contributed by atoms with Crippen molar-refractivity contribution in [3.8, 4) is 0 Å². The smallest absolute Gasteiger partial charge is 0.364 e. The van der Waals surface area contributed by atoms with Gasteiger partial charge in [-0.05, 0) is 24.6 Å². The molecule has 0 bridgehead atoms. The first kappa shape index (κ1) is 17.8. The maximum Gasteiger partial charge on any atom is 0.441 e. The Morgan fingerprint density at radius 1 is 1.44 bits per heavy atom. The van der Waals surface area contributed by atoms with Crippen LogP contribution in [0.15, 0.2) is 0 Å². The Balaban J connectivity index is 0.00000289. The normalized spacial score (nSPS) is 23.6. The summed E-state index contributed by atoms with van der Waals surface area (Å²) >= 11 is -0.152. The van der Waals surface area contributed by atoms with E-state index < -0.39 is 11.6 Å². The predicted molar refractivity (Wildman–Crippen MR) is 65.7 cm³/mol. The molecule has 0 aromatic rings. The number of amides is 1. The minimum Gasteiger partial charge on any atom is -0.364 e. The number of hydrogen-bond donors (Lipinski definition) is 2. The maximum atomic E-state index is 11.8. The van der Waals surface area contributed by atoms with Crippen molar-refractivity contribution in [2.75, 3.05) is 18.8 Å². The zero-order valence-electron chi connectivity index (χ0n) is 9.53. The standard InChI is InChI=1S/C9H15F3N2O2S.ClH/c10-9(11,12)17-4-3-14-8(15)7-2-1-6(5-13)16-7;/h6-7H,1-5,13H2,(H,14,15);1H/t6-,7+;/m1./s1. The minimum absolute atomic E-state index is 0. The summed E-state index contributed by atoms with van der Waals surface area (Å²) in [6.07, 6.45) is 0.598. The van der Waals surface area contributed by atoms with Gasteiger partial charge in [0, 0.05) is 18.8 Å². The Kier molecular flexibility index (Phi) is 8.00. The average molecular weight is 309 g/mol. The van der Waals surface area contributed by atoms with Crippen LogP contribution in [0.4, 0.5) is 13.2 Å². The third-order valence-electron chi connectivity index (χ3n) is 2.33. The van der Waals surface area contributed by atoms with Gasteiger partial charge in [-0.3, -0.25) is 4.79 Å². The Labute approximate surface area is 114 Å². The third kappa shape index (κ3) is 6.67. The lowest BCUT2D eigenvalue weighted by molar-refractivity contribution is -0.131. The van der Waals surface area contributed by atoms with Gasteiger partial charge in [0.25, 0.3) is 0 Å². The second-order valence-corrected chi connectivity index (χ2v) is 4.80. The molecule has 108 valence electrons. The quantitative estimate of drug-likeness (QED) is 0.751. The van der Waals surface area contributed by atoms with Gasteiger partial charge in [-0.25, -0.2) is 0 Å². The van der Waals surface area contributed by atoms with Gasteiger partial charge in [0.15, 0.2) is 0 Å². The van der Waals surface area contributed by atoms with E-state index >= 15 is 0 Å². The SMILES string of the molecule is Cl.NC[C@H]1CC[C@@H](C(=O)NCCSC(F)(F)F)O1. The van der Waals surface area contributed by atoms with Gasteiger partial charge in [0.05, 0.1) is 6.10 Å². The van der Waals surface area contributed by atoms with E-state index in [9.17, 15) is 18.0 Å². The number of ether oxygens (including phenoxy) is 1. The fourth-order valence-corrected chi connectivity index (χ4v) is 1.96. The van der Waals surface area contributed by atoms with Gasteiger partial charge in [-0.15, -0.1) is 12.4 Å². The van der Waals surface area contributed by atoms with E-state index in [1.54, 1.807) is 0 Å². The van der Waals surface area contributed by atoms with Crippen LogP contribution in [0.5, 0.6) is 0 Å². The summed E-state index contributed by atoms with van der Waals surface area (Å²) in [7, 11) is 0. The summed E-state index contributed by atoms with van der Waals surface area (Å²) in [6.45, 7) is 0.337. The largest absolute Gasteiger partial charge is 0.441 e. The van der Waals surface area contributed by atoms with Crippen molar-refractivity contribution < 1.29 is 22.7 Å². The molecule has 4 nitrogen and oxygen atoms in total. The summed E-state index contributed by atoms with van der Waals surface area (Å²) in [4.78, 5) is 11.5. The zero-order chi connectivity index (χ0) is 12.9. The molecule has 0 saturated carbocycles. The van der Waals surface area contributed by atoms with Crippen LogP contribution in [-0.2, 0) is 9.53 Å². The second kappa shape index (κ2) is 8.08. The number of rotatable bonds is 5. The van der Waals surface area contributed by atoms with Crippen LogP contribution in [0.2, 0.25) is 0 Å². The Bertz CT molecular complexity index is 269. The summed E-state index contributed by atoms with van der Waals surface area (Å²) in [6, 6.07) is 0. The molecule has 18 heavy (non-hydrogen) atoms. The molecular formula is C9H16ClF3N2O2S. The van der Waals surface area contributed by atoms with Crippen molar-refractivity contribution in [3.05, 3.63) is 0 Å². The topological polar surface area (TPSA) is 64.4 Å². The van der Waals surface area contributed by atoms with E-state index in [1.165, 1.54) is 0 Å². The van der Waals surface area contributed by atoms with Crippen LogP contribution in [-0.4, -0.2) is 42.5 Å². The number of halogens is 4. The minimum atomic E-state index is -4.25. The van der Waals surface area contributed by atoms with Crippen molar-refractivity contribution in [2.24, 2.45) is 5.73 Å². The highest BCUT2D eigenvalue weighted by Crippen LogP contribution is 2.29. The first-order valence-corrected chi connectivity index (χ1v) is 6.25. The van der Waals surface area contributed by atoms with Gasteiger partial charge in [-0.1, -0.05) is 0 Å². The van der Waals surface area contributed by atoms with Crippen LogP contribution in [0.25, 0.3) is 0 Å². The van der Waals surface area contributed by atoms with Crippen LogP contribution >= 0.6 is 24.2 Å². The molecule has 1 aliphatic heterocycles. The van der Waals surface area contributed by atoms with Crippen molar-refractivity contribution in [1.29, 1.82) is 0 Å². The molecule has 0 unspecified atom stereocenters. The Hall–Kier alpha value is -0.180. The van der Waals surface area contributed by atoms with Crippen LogP contribution in [0, 0.1) is 0 Å². The van der Waals surface area contributed by atoms with Gasteiger partial charge in [0.2, 0.25) is 5.91 Å². The molecule has 1 heterocycles. The van der Waals surface area contributed by atoms with Crippen molar-refractivity contribution in [2.45, 2.75) is 30.6 Å². The Morgan fingerprint density at radius 2 is 2.11 bits per heavy atom. The highest BCUT2D eigenvalue weighted by molar-refractivity contribution is 8.00. The first-order valence-electron chi connectivity index (χ1n) is 5.26. The van der Waals surface area contributed by atoms with E-state index in [1.807, 2.05) is 0 Å². The molecular weight excluding hydrogens is 293 g/mol. The van der Waals surface area contributed by atoms with E-state index in [2.05, 4.69) is 5.32 Å². The van der Waals surface area contributed by atoms with Gasteiger partial charge >= 0.3 is 5.51 Å². The van der Waals surface area contributed by atoms with Gasteiger partial charge in [-0.2, -0.15) is 13.2 Å². The van der Waals surface area contributed by atoms with E-state index in [0.29, 0.717) is 19.4 Å². The molecule has 0 aromatic heterocycles. The van der Waals surface area contributed by atoms with Crippen LogP contribution < -0.4 is 11.1 Å². The molecule has 0 aliphatic carbocycles. The lowest BCUT2D eigenvalue weighted by Crippen LogP contribution is -2.36. The molecule has 0 spiro atoms. The molecule has 1 rings (SSSR count). The number of nitrogens with two attached hydrogens (primary N) is 1. The summed E-state index contributed by atoms with van der Waals surface area (Å²) in [5, 5.41) is 2.42. The number of nitrogens with one attached hydrogen (secondary N) is 1. The lowest BCUT2D eigenvalue weighted by atomic mass is 10.2. The molecule has 0 aromatic carbocycles. The fourth-order valence-electron chi connectivity index (χ4n) is 1.53. The van der Waals surface area contributed by atoms with Crippen LogP contribution in [0.3, 0.4) is 0 Å². The van der Waals surface area contributed by atoms with Gasteiger partial charge in [0.1, 0.15) is 6.10 Å². The molecule has 1 saturated heterocycles. The molecule has 1 fully saturated rings. The van der Waals surface area contributed by atoms with E-state index in [-0.39, 0.29) is 48.5 Å². The molecule has 3 N–H and O–H groups in total. The number of carbonyl (C=O) groups is 1. The van der Waals surface area contributed by atoms with Crippen molar-refractivity contribution in [1.82, 2.24) is 5.32 Å². The zero-order valence-corrected chi connectivity index (χ0v) is 11.2. The molecule has 1 amide bonds. The number of alkyl halides is 3. The number of thioether (sulfide) groups is 1. The van der Waals surface area contributed by atoms with Crippen LogP contribution in [0.1, 0.15) is 12.8 Å². The molecule has 2 atom stereocenters. The van der Waals surface area contributed by atoms with Gasteiger partial charge < -0.3 is 15.8 Å².